The number of rotatable bonds is 2. The highest BCUT2D eigenvalue weighted by Crippen LogP contribution is 2.07. The minimum absolute atomic E-state index is 0.211. The van der Waals surface area contributed by atoms with Gasteiger partial charge in [0.05, 0.1) is 6.07 Å². The fourth-order valence-electron chi connectivity index (χ4n) is 0.797. The van der Waals surface area contributed by atoms with Crippen LogP contribution in [0.4, 0.5) is 0 Å². The second-order valence-electron chi connectivity index (χ2n) is 2.66. The summed E-state index contributed by atoms with van der Waals surface area (Å²) in [6.07, 6.45) is 0. The largest absolute Gasteiger partial charge is 0.333 e. The van der Waals surface area contributed by atoms with Gasteiger partial charge in [0.15, 0.2) is 0 Å². The molecule has 0 bridgehead atoms. The maximum Gasteiger partial charge on any atom is 0.271 e. The zero-order valence-corrected chi connectivity index (χ0v) is 9.00. The molecule has 1 heterocycles. The summed E-state index contributed by atoms with van der Waals surface area (Å²) < 4.78 is 44.1. The van der Waals surface area contributed by atoms with Crippen LogP contribution in [0.1, 0.15) is 32.4 Å². The third-order valence-electron chi connectivity index (χ3n) is 1.42. The summed E-state index contributed by atoms with van der Waals surface area (Å²) in [5, 5.41) is 10.9. The van der Waals surface area contributed by atoms with E-state index in [-0.39, 0.29) is 5.69 Å². The van der Waals surface area contributed by atoms with Crippen LogP contribution in [0.15, 0.2) is 22.8 Å². The van der Waals surface area contributed by atoms with Crippen molar-refractivity contribution in [1.82, 2.24) is 10.3 Å². The van der Waals surface area contributed by atoms with Gasteiger partial charge in [-0.05, 0) is 41.8 Å². The minimum Gasteiger partial charge on any atom is -0.333 e. The number of pyridine rings is 1. The highest BCUT2D eigenvalue weighted by atomic mass is 79.9. The molecule has 4 nitrogen and oxygen atoms in total. The molecule has 0 aromatic carbocycles. The lowest BCUT2D eigenvalue weighted by Gasteiger charge is -2.16. The lowest BCUT2D eigenvalue weighted by Crippen LogP contribution is -2.42. The molecule has 0 unspecified atom stereocenters. The average Bonchev–Trinajstić information content (AvgIpc) is 2.32. The number of carbonyl (C=O) groups excluding carboxylic acids is 1. The molecule has 0 saturated carbocycles. The zero-order chi connectivity index (χ0) is 16.5. The highest BCUT2D eigenvalue weighted by molar-refractivity contribution is 9.10. The lowest BCUT2D eigenvalue weighted by atomic mass is 10.1. The van der Waals surface area contributed by atoms with Gasteiger partial charge in [0.1, 0.15) is 15.8 Å². The van der Waals surface area contributed by atoms with Gasteiger partial charge in [-0.1, -0.05) is 6.07 Å². The molecule has 1 N–H and O–H groups in total. The quantitative estimate of drug-likeness (QED) is 0.837. The van der Waals surface area contributed by atoms with Crippen molar-refractivity contribution in [3.63, 3.8) is 0 Å². The molecule has 5 heteroatoms. The van der Waals surface area contributed by atoms with Gasteiger partial charge in [-0.3, -0.25) is 4.79 Å². The van der Waals surface area contributed by atoms with Crippen molar-refractivity contribution in [2.45, 2.75) is 19.2 Å². The second-order valence-corrected chi connectivity index (χ2v) is 3.47. The number of nitrogens with zero attached hydrogens (tertiary/aromatic N) is 2. The van der Waals surface area contributed by atoms with Gasteiger partial charge in [0.25, 0.3) is 5.91 Å². The van der Waals surface area contributed by atoms with Crippen molar-refractivity contribution in [2.24, 2.45) is 0 Å². The summed E-state index contributed by atoms with van der Waals surface area (Å²) >= 11 is 3.03. The summed E-state index contributed by atoms with van der Waals surface area (Å²) in [7, 11) is 0. The molecular formula is C10H10BrN3O. The first-order chi connectivity index (χ1) is 9.44. The summed E-state index contributed by atoms with van der Waals surface area (Å²) in [4.78, 5) is 15.8. The van der Waals surface area contributed by atoms with Crippen LogP contribution in [0.25, 0.3) is 0 Å². The van der Waals surface area contributed by atoms with Crippen molar-refractivity contribution in [3.05, 3.63) is 28.5 Å². The number of nitrogens with one attached hydrogen (secondary N) is 1. The molecule has 0 aliphatic heterocycles. The van der Waals surface area contributed by atoms with Crippen molar-refractivity contribution >= 4 is 21.8 Å². The van der Waals surface area contributed by atoms with E-state index in [1.807, 2.05) is 0 Å². The smallest absolute Gasteiger partial charge is 0.271 e. The molecule has 1 aromatic heterocycles. The van der Waals surface area contributed by atoms with Gasteiger partial charge in [0, 0.05) is 8.22 Å². The van der Waals surface area contributed by atoms with Gasteiger partial charge in [-0.2, -0.15) is 5.26 Å². The fraction of sp³-hybridized carbons (Fsp3) is 0.300. The maximum absolute atomic E-state index is 12.0. The Balaban J connectivity index is 3.27. The molecule has 78 valence electrons. The normalized spacial score (nSPS) is 18.1. The van der Waals surface area contributed by atoms with E-state index in [0.29, 0.717) is 4.60 Å². The number of hydrogen-bond acceptors (Lipinski definition) is 3. The maximum atomic E-state index is 12.0. The predicted octanol–water partition coefficient (Wildman–Crippen LogP) is 1.88. The van der Waals surface area contributed by atoms with E-state index < -0.39 is 25.1 Å². The third kappa shape index (κ3) is 3.33. The SMILES string of the molecule is [2H]C([2H])([2H])C(C#N)(NC(=O)c1cccc(Br)n1)C([2H])([2H])[2H]. The topological polar surface area (TPSA) is 65.8 Å². The van der Waals surface area contributed by atoms with Crippen molar-refractivity contribution in [3.8, 4) is 6.07 Å². The first-order valence-electron chi connectivity index (χ1n) is 6.81. The number of amides is 1. The van der Waals surface area contributed by atoms with Gasteiger partial charge in [-0.15, -0.1) is 0 Å². The van der Waals surface area contributed by atoms with Gasteiger partial charge < -0.3 is 5.32 Å². The molecule has 0 radical (unpaired) electrons. The van der Waals surface area contributed by atoms with Crippen molar-refractivity contribution in [2.75, 3.05) is 0 Å². The Bertz CT molecular complexity index is 578. The van der Waals surface area contributed by atoms with Gasteiger partial charge in [0.2, 0.25) is 0 Å². The molecule has 1 amide bonds. The van der Waals surface area contributed by atoms with Crippen molar-refractivity contribution < 1.29 is 13.0 Å². The van der Waals surface area contributed by atoms with Crippen molar-refractivity contribution in [1.29, 1.82) is 5.26 Å². The van der Waals surface area contributed by atoms with Gasteiger partial charge in [-0.25, -0.2) is 4.98 Å². The van der Waals surface area contributed by atoms with Crippen LogP contribution in [0.2, 0.25) is 0 Å². The van der Waals surface area contributed by atoms with E-state index in [2.05, 4.69) is 20.9 Å². The summed E-state index contributed by atoms with van der Waals surface area (Å²) in [5.41, 5.74) is -3.22. The Morgan fingerprint density at radius 1 is 1.73 bits per heavy atom. The van der Waals surface area contributed by atoms with E-state index in [1.165, 1.54) is 24.3 Å². The fourth-order valence-corrected chi connectivity index (χ4v) is 1.14. The molecule has 1 rings (SSSR count). The Kier molecular flexibility index (Phi) is 1.65. The van der Waals surface area contributed by atoms with E-state index in [9.17, 15) is 4.79 Å². The molecule has 0 spiro atoms. The monoisotopic (exact) mass is 273 g/mol. The lowest BCUT2D eigenvalue weighted by molar-refractivity contribution is 0.0924. The second kappa shape index (κ2) is 4.41. The number of carbonyl (C=O) groups is 1. The molecule has 1 aromatic rings. The van der Waals surface area contributed by atoms with E-state index in [0.717, 1.165) is 0 Å². The molecule has 0 saturated heterocycles. The van der Waals surface area contributed by atoms with Crippen LogP contribution in [0, 0.1) is 11.3 Å². The minimum atomic E-state index is -3.24. The Morgan fingerprint density at radius 3 is 3.00 bits per heavy atom. The Hall–Kier alpha value is -1.41. The number of hydrogen-bond donors (Lipinski definition) is 1. The predicted molar refractivity (Wildman–Crippen MR) is 59.1 cm³/mol. The van der Waals surface area contributed by atoms with Crippen LogP contribution in [-0.2, 0) is 0 Å². The standard InChI is InChI=1S/C10H10BrN3O/c1-10(2,6-12)14-9(15)7-4-3-5-8(11)13-7/h3-5H,1-2H3,(H,14,15)/i1D3,2D3. The molecule has 0 atom stereocenters. The molecular weight excluding hydrogens is 258 g/mol. The van der Waals surface area contributed by atoms with Crippen LogP contribution >= 0.6 is 15.9 Å². The summed E-state index contributed by atoms with van der Waals surface area (Å²) in [6.45, 7) is -6.48. The molecule has 0 aliphatic rings. The third-order valence-corrected chi connectivity index (χ3v) is 1.86. The average molecular weight is 274 g/mol. The Morgan fingerprint density at radius 2 is 2.47 bits per heavy atom. The molecule has 15 heavy (non-hydrogen) atoms. The molecule has 0 fully saturated rings. The van der Waals surface area contributed by atoms with Crippen LogP contribution in [0.5, 0.6) is 0 Å². The van der Waals surface area contributed by atoms with Crippen LogP contribution in [-0.4, -0.2) is 16.4 Å². The van der Waals surface area contributed by atoms with E-state index >= 15 is 0 Å². The number of aromatic nitrogens is 1. The van der Waals surface area contributed by atoms with Crippen LogP contribution < -0.4 is 5.32 Å². The number of nitriles is 1. The van der Waals surface area contributed by atoms with Crippen LogP contribution in [0.3, 0.4) is 0 Å². The first kappa shape index (κ1) is 5.61. The zero-order valence-electron chi connectivity index (χ0n) is 13.4. The van der Waals surface area contributed by atoms with E-state index in [4.69, 9.17) is 13.5 Å². The summed E-state index contributed by atoms with van der Waals surface area (Å²) in [5.74, 6) is -1.06. The Labute approximate surface area is 105 Å². The highest BCUT2D eigenvalue weighted by Gasteiger charge is 2.20. The van der Waals surface area contributed by atoms with Gasteiger partial charge >= 0.3 is 0 Å². The number of halogens is 1. The molecule has 0 aliphatic carbocycles. The van der Waals surface area contributed by atoms with E-state index in [1.54, 1.807) is 5.32 Å². The summed E-state index contributed by atoms with van der Waals surface area (Å²) in [6, 6.07) is 5.47. The first-order valence-corrected chi connectivity index (χ1v) is 4.60.